The van der Waals surface area contributed by atoms with E-state index in [1.807, 2.05) is 30.3 Å². The van der Waals surface area contributed by atoms with Crippen molar-refractivity contribution in [1.82, 2.24) is 4.98 Å². The maximum Gasteiger partial charge on any atom is 0.106 e. The Morgan fingerprint density at radius 3 is 2.70 bits per heavy atom. The largest absolute Gasteiger partial charge is 0.326 e. The van der Waals surface area contributed by atoms with Crippen LogP contribution in [0.4, 0.5) is 0 Å². The van der Waals surface area contributed by atoms with Crippen LogP contribution in [0.25, 0.3) is 10.9 Å². The van der Waals surface area contributed by atoms with Crippen LogP contribution in [0.3, 0.4) is 0 Å². The molecule has 0 radical (unpaired) electrons. The molecular weight excluding hydrogens is 332 g/mol. The SMILES string of the molecule is NCc1cc2ccccc2nc1Sc1cccc(Br)c1. The molecule has 100 valence electrons. The lowest BCUT2D eigenvalue weighted by molar-refractivity contribution is 0.982. The van der Waals surface area contributed by atoms with Gasteiger partial charge < -0.3 is 5.73 Å². The van der Waals surface area contributed by atoms with Crippen LogP contribution in [-0.4, -0.2) is 4.98 Å². The van der Waals surface area contributed by atoms with Gasteiger partial charge in [0, 0.05) is 21.3 Å². The molecule has 0 atom stereocenters. The zero-order valence-corrected chi connectivity index (χ0v) is 13.1. The lowest BCUT2D eigenvalue weighted by atomic mass is 10.1. The van der Waals surface area contributed by atoms with Crippen LogP contribution in [0.15, 0.2) is 69.0 Å². The van der Waals surface area contributed by atoms with Crippen molar-refractivity contribution in [3.8, 4) is 0 Å². The van der Waals surface area contributed by atoms with Crippen molar-refractivity contribution >= 4 is 38.6 Å². The van der Waals surface area contributed by atoms with Crippen LogP contribution < -0.4 is 5.73 Å². The Labute approximate surface area is 130 Å². The van der Waals surface area contributed by atoms with Crippen LogP contribution in [0.2, 0.25) is 0 Å². The van der Waals surface area contributed by atoms with Crippen molar-refractivity contribution in [3.05, 3.63) is 64.6 Å². The number of pyridine rings is 1. The van der Waals surface area contributed by atoms with Gasteiger partial charge in [0.2, 0.25) is 0 Å². The molecule has 20 heavy (non-hydrogen) atoms. The lowest BCUT2D eigenvalue weighted by Gasteiger charge is -2.09. The molecule has 0 aliphatic carbocycles. The number of halogens is 1. The number of para-hydroxylation sites is 1. The van der Waals surface area contributed by atoms with Gasteiger partial charge in [0.1, 0.15) is 5.03 Å². The molecule has 0 amide bonds. The molecule has 2 nitrogen and oxygen atoms in total. The molecule has 0 bridgehead atoms. The number of hydrogen-bond acceptors (Lipinski definition) is 3. The summed E-state index contributed by atoms with van der Waals surface area (Å²) >= 11 is 5.14. The summed E-state index contributed by atoms with van der Waals surface area (Å²) in [6.45, 7) is 0.494. The third kappa shape index (κ3) is 2.87. The minimum Gasteiger partial charge on any atom is -0.326 e. The summed E-state index contributed by atoms with van der Waals surface area (Å²) in [5.74, 6) is 0. The molecule has 3 rings (SSSR count). The van der Waals surface area contributed by atoms with Crippen LogP contribution >= 0.6 is 27.7 Å². The minimum absolute atomic E-state index is 0.494. The molecule has 2 aromatic carbocycles. The highest BCUT2D eigenvalue weighted by Gasteiger charge is 2.08. The molecule has 0 fully saturated rings. The first-order valence-electron chi connectivity index (χ1n) is 6.28. The summed E-state index contributed by atoms with van der Waals surface area (Å²) in [6, 6.07) is 18.4. The van der Waals surface area contributed by atoms with Crippen molar-refractivity contribution in [2.24, 2.45) is 5.73 Å². The van der Waals surface area contributed by atoms with E-state index < -0.39 is 0 Å². The first kappa shape index (κ1) is 13.6. The van der Waals surface area contributed by atoms with Gasteiger partial charge in [-0.3, -0.25) is 0 Å². The van der Waals surface area contributed by atoms with E-state index >= 15 is 0 Å². The molecule has 0 aliphatic rings. The first-order valence-corrected chi connectivity index (χ1v) is 7.89. The zero-order chi connectivity index (χ0) is 13.9. The highest BCUT2D eigenvalue weighted by molar-refractivity contribution is 9.10. The summed E-state index contributed by atoms with van der Waals surface area (Å²) in [7, 11) is 0. The first-order chi connectivity index (χ1) is 9.76. The fourth-order valence-electron chi connectivity index (χ4n) is 2.02. The minimum atomic E-state index is 0.494. The molecule has 0 saturated heterocycles. The third-order valence-corrected chi connectivity index (χ3v) is 4.52. The maximum absolute atomic E-state index is 5.86. The van der Waals surface area contributed by atoms with E-state index in [1.165, 1.54) is 0 Å². The smallest absolute Gasteiger partial charge is 0.106 e. The average molecular weight is 345 g/mol. The molecule has 0 unspecified atom stereocenters. The van der Waals surface area contributed by atoms with Gasteiger partial charge in [-0.15, -0.1) is 0 Å². The second-order valence-corrected chi connectivity index (χ2v) is 6.39. The van der Waals surface area contributed by atoms with Crippen LogP contribution in [-0.2, 0) is 6.54 Å². The Bertz CT molecular complexity index is 758. The number of fused-ring (bicyclic) bond motifs is 1. The number of benzene rings is 2. The van der Waals surface area contributed by atoms with E-state index in [1.54, 1.807) is 11.8 Å². The van der Waals surface area contributed by atoms with Gasteiger partial charge in [-0.1, -0.05) is 52.0 Å². The number of nitrogens with zero attached hydrogens (tertiary/aromatic N) is 1. The normalized spacial score (nSPS) is 10.9. The predicted octanol–water partition coefficient (Wildman–Crippen LogP) is 4.61. The topological polar surface area (TPSA) is 38.9 Å². The van der Waals surface area contributed by atoms with Crippen molar-refractivity contribution in [3.63, 3.8) is 0 Å². The summed E-state index contributed by atoms with van der Waals surface area (Å²) < 4.78 is 1.07. The fraction of sp³-hybridized carbons (Fsp3) is 0.0625. The Morgan fingerprint density at radius 2 is 1.90 bits per heavy atom. The van der Waals surface area contributed by atoms with Crippen molar-refractivity contribution < 1.29 is 0 Å². The lowest BCUT2D eigenvalue weighted by Crippen LogP contribution is -2.00. The second-order valence-electron chi connectivity index (χ2n) is 4.41. The maximum atomic E-state index is 5.86. The Morgan fingerprint density at radius 1 is 1.05 bits per heavy atom. The molecule has 1 aromatic heterocycles. The molecule has 3 aromatic rings. The van der Waals surface area contributed by atoms with Crippen molar-refractivity contribution in [2.75, 3.05) is 0 Å². The zero-order valence-electron chi connectivity index (χ0n) is 10.7. The van der Waals surface area contributed by atoms with E-state index in [0.717, 1.165) is 30.9 Å². The van der Waals surface area contributed by atoms with Gasteiger partial charge in [-0.25, -0.2) is 4.98 Å². The van der Waals surface area contributed by atoms with Gasteiger partial charge in [0.15, 0.2) is 0 Å². The highest BCUT2D eigenvalue weighted by Crippen LogP contribution is 2.32. The molecular formula is C16H13BrN2S. The third-order valence-electron chi connectivity index (χ3n) is 2.99. The second kappa shape index (κ2) is 5.95. The average Bonchev–Trinajstić information content (AvgIpc) is 2.46. The van der Waals surface area contributed by atoms with Gasteiger partial charge >= 0.3 is 0 Å². The van der Waals surface area contributed by atoms with Crippen molar-refractivity contribution in [1.29, 1.82) is 0 Å². The van der Waals surface area contributed by atoms with E-state index in [9.17, 15) is 0 Å². The number of rotatable bonds is 3. The van der Waals surface area contributed by atoms with Crippen LogP contribution in [0, 0.1) is 0 Å². The van der Waals surface area contributed by atoms with Gasteiger partial charge in [0.05, 0.1) is 5.52 Å². The number of nitrogens with two attached hydrogens (primary N) is 1. The molecule has 0 spiro atoms. The summed E-state index contributed by atoms with van der Waals surface area (Å²) in [6.07, 6.45) is 0. The predicted molar refractivity (Wildman–Crippen MR) is 87.9 cm³/mol. The fourth-order valence-corrected chi connectivity index (χ4v) is 3.54. The molecule has 0 aliphatic heterocycles. The Balaban J connectivity index is 2.05. The molecule has 2 N–H and O–H groups in total. The molecule has 1 heterocycles. The Hall–Kier alpha value is -1.36. The summed E-state index contributed by atoms with van der Waals surface area (Å²) in [5.41, 5.74) is 7.94. The highest BCUT2D eigenvalue weighted by atomic mass is 79.9. The van der Waals surface area contributed by atoms with Gasteiger partial charge in [-0.2, -0.15) is 0 Å². The Kier molecular flexibility index (Phi) is 4.05. The summed E-state index contributed by atoms with van der Waals surface area (Å²) in [4.78, 5) is 5.89. The molecule has 0 saturated carbocycles. The van der Waals surface area contributed by atoms with Crippen molar-refractivity contribution in [2.45, 2.75) is 16.5 Å². The van der Waals surface area contributed by atoms with E-state index in [-0.39, 0.29) is 0 Å². The van der Waals surface area contributed by atoms with E-state index in [0.29, 0.717) is 6.54 Å². The van der Waals surface area contributed by atoms with Gasteiger partial charge in [-0.05, 0) is 35.9 Å². The standard InChI is InChI=1S/C16H13BrN2S/c17-13-5-3-6-14(9-13)20-16-12(10-18)8-11-4-1-2-7-15(11)19-16/h1-9H,10,18H2. The quantitative estimate of drug-likeness (QED) is 0.754. The van der Waals surface area contributed by atoms with Crippen LogP contribution in [0.5, 0.6) is 0 Å². The number of aromatic nitrogens is 1. The van der Waals surface area contributed by atoms with E-state index in [2.05, 4.69) is 40.2 Å². The van der Waals surface area contributed by atoms with Crippen LogP contribution in [0.1, 0.15) is 5.56 Å². The van der Waals surface area contributed by atoms with E-state index in [4.69, 9.17) is 10.7 Å². The number of hydrogen-bond donors (Lipinski definition) is 1. The monoisotopic (exact) mass is 344 g/mol. The summed E-state index contributed by atoms with van der Waals surface area (Å²) in [5, 5.41) is 2.11. The van der Waals surface area contributed by atoms with Gasteiger partial charge in [0.25, 0.3) is 0 Å². The molecule has 4 heteroatoms.